The highest BCUT2D eigenvalue weighted by Gasteiger charge is 2.00. The fraction of sp³-hybridized carbons (Fsp3) is 0.0769. The number of hydrogen-bond donors (Lipinski definition) is 1. The summed E-state index contributed by atoms with van der Waals surface area (Å²) in [6.07, 6.45) is 4.90. The Bertz CT molecular complexity index is 589. The van der Waals surface area contributed by atoms with E-state index in [1.54, 1.807) is 42.2 Å². The minimum atomic E-state index is -0.228. The highest BCUT2D eigenvalue weighted by atomic mass is 35.5. The third-order valence-corrected chi connectivity index (χ3v) is 2.48. The molecule has 0 aliphatic rings. The van der Waals surface area contributed by atoms with Crippen LogP contribution in [0.1, 0.15) is 5.56 Å². The Hall–Kier alpha value is -2.07. The zero-order valence-corrected chi connectivity index (χ0v) is 10.6. The second-order valence-corrected chi connectivity index (χ2v) is 4.19. The van der Waals surface area contributed by atoms with E-state index >= 15 is 0 Å². The predicted molar refractivity (Wildman–Crippen MR) is 72.3 cm³/mol. The summed E-state index contributed by atoms with van der Waals surface area (Å²) in [4.78, 5) is 11.6. The third kappa shape index (κ3) is 3.46. The molecule has 92 valence electrons. The van der Waals surface area contributed by atoms with Crippen molar-refractivity contribution < 1.29 is 4.79 Å². The lowest BCUT2D eigenvalue weighted by Crippen LogP contribution is -2.08. The number of anilines is 1. The van der Waals surface area contributed by atoms with Crippen molar-refractivity contribution in [2.75, 3.05) is 5.32 Å². The summed E-state index contributed by atoms with van der Waals surface area (Å²) in [7, 11) is 1.79. The number of carbonyl (C=O) groups is 1. The lowest BCUT2D eigenvalue weighted by atomic mass is 10.2. The Balaban J connectivity index is 1.99. The SMILES string of the molecule is Cn1ccc(NC(=O)/C=C/c2cccc(Cl)c2)n1. The maximum absolute atomic E-state index is 11.6. The monoisotopic (exact) mass is 261 g/mol. The molecule has 0 radical (unpaired) electrons. The largest absolute Gasteiger partial charge is 0.306 e. The molecule has 4 nitrogen and oxygen atoms in total. The molecule has 0 aliphatic carbocycles. The molecular formula is C13H12ClN3O. The Morgan fingerprint density at radius 3 is 2.94 bits per heavy atom. The van der Waals surface area contributed by atoms with Crippen molar-refractivity contribution in [3.63, 3.8) is 0 Å². The van der Waals surface area contributed by atoms with Crippen molar-refractivity contribution in [2.45, 2.75) is 0 Å². The van der Waals surface area contributed by atoms with E-state index in [9.17, 15) is 4.79 Å². The molecular weight excluding hydrogens is 250 g/mol. The van der Waals surface area contributed by atoms with Crippen LogP contribution in [0, 0.1) is 0 Å². The molecule has 0 aliphatic heterocycles. The average molecular weight is 262 g/mol. The summed E-state index contributed by atoms with van der Waals surface area (Å²) in [6, 6.07) is 9.00. The van der Waals surface area contributed by atoms with E-state index in [0.717, 1.165) is 5.56 Å². The summed E-state index contributed by atoms with van der Waals surface area (Å²) < 4.78 is 1.62. The normalized spacial score (nSPS) is 10.8. The van der Waals surface area contributed by atoms with Crippen LogP contribution in [0.15, 0.2) is 42.6 Å². The van der Waals surface area contributed by atoms with E-state index < -0.39 is 0 Å². The van der Waals surface area contributed by atoms with Gasteiger partial charge in [0.15, 0.2) is 5.82 Å². The van der Waals surface area contributed by atoms with Crippen molar-refractivity contribution in [2.24, 2.45) is 7.05 Å². The summed E-state index contributed by atoms with van der Waals surface area (Å²) in [5, 5.41) is 7.35. The third-order valence-electron chi connectivity index (χ3n) is 2.24. The van der Waals surface area contributed by atoms with Gasteiger partial charge in [-0.05, 0) is 23.8 Å². The molecule has 1 heterocycles. The Morgan fingerprint density at radius 1 is 1.44 bits per heavy atom. The van der Waals surface area contributed by atoms with Gasteiger partial charge in [0, 0.05) is 30.4 Å². The number of nitrogens with zero attached hydrogens (tertiary/aromatic N) is 2. The summed E-state index contributed by atoms with van der Waals surface area (Å²) in [5.74, 6) is 0.298. The molecule has 5 heteroatoms. The standard InChI is InChI=1S/C13H12ClN3O/c1-17-8-7-12(16-17)15-13(18)6-5-10-3-2-4-11(14)9-10/h2-9H,1H3,(H,15,16,18)/b6-5+. The van der Waals surface area contributed by atoms with Crippen molar-refractivity contribution in [1.29, 1.82) is 0 Å². The first kappa shape index (κ1) is 12.4. The number of rotatable bonds is 3. The highest BCUT2D eigenvalue weighted by molar-refractivity contribution is 6.30. The number of halogens is 1. The molecule has 0 fully saturated rings. The number of aryl methyl sites for hydroxylation is 1. The van der Waals surface area contributed by atoms with Crippen LogP contribution >= 0.6 is 11.6 Å². The predicted octanol–water partition coefficient (Wildman–Crippen LogP) is 2.73. The maximum atomic E-state index is 11.6. The molecule has 0 saturated carbocycles. The first-order valence-corrected chi connectivity index (χ1v) is 5.75. The van der Waals surface area contributed by atoms with Crippen molar-refractivity contribution in [1.82, 2.24) is 9.78 Å². The zero-order chi connectivity index (χ0) is 13.0. The first-order chi connectivity index (χ1) is 8.63. The van der Waals surface area contributed by atoms with Crippen LogP contribution in [0.4, 0.5) is 5.82 Å². The van der Waals surface area contributed by atoms with E-state index in [2.05, 4.69) is 10.4 Å². The van der Waals surface area contributed by atoms with E-state index in [0.29, 0.717) is 10.8 Å². The quantitative estimate of drug-likeness (QED) is 0.864. The van der Waals surface area contributed by atoms with Crippen LogP contribution in [0.3, 0.4) is 0 Å². The lowest BCUT2D eigenvalue weighted by molar-refractivity contribution is -0.111. The number of aromatic nitrogens is 2. The van der Waals surface area contributed by atoms with E-state index in [1.807, 2.05) is 12.1 Å². The molecule has 1 aromatic heterocycles. The smallest absolute Gasteiger partial charge is 0.249 e. The highest BCUT2D eigenvalue weighted by Crippen LogP contribution is 2.11. The summed E-state index contributed by atoms with van der Waals surface area (Å²) in [6.45, 7) is 0. The molecule has 2 rings (SSSR count). The number of carbonyl (C=O) groups excluding carboxylic acids is 1. The molecule has 0 atom stereocenters. The maximum Gasteiger partial charge on any atom is 0.249 e. The summed E-state index contributed by atoms with van der Waals surface area (Å²) in [5.41, 5.74) is 0.874. The van der Waals surface area contributed by atoms with Gasteiger partial charge in [-0.2, -0.15) is 5.10 Å². The number of nitrogens with one attached hydrogen (secondary N) is 1. The van der Waals surface area contributed by atoms with Crippen LogP contribution in [-0.2, 0) is 11.8 Å². The van der Waals surface area contributed by atoms with Crippen LogP contribution in [0.2, 0.25) is 5.02 Å². The molecule has 0 bridgehead atoms. The zero-order valence-electron chi connectivity index (χ0n) is 9.80. The van der Waals surface area contributed by atoms with Crippen LogP contribution < -0.4 is 5.32 Å². The number of amides is 1. The second-order valence-electron chi connectivity index (χ2n) is 3.75. The summed E-state index contributed by atoms with van der Waals surface area (Å²) >= 11 is 5.85. The first-order valence-electron chi connectivity index (χ1n) is 5.38. The number of benzene rings is 1. The van der Waals surface area contributed by atoms with Crippen molar-refractivity contribution in [3.8, 4) is 0 Å². The second kappa shape index (κ2) is 5.51. The molecule has 0 saturated heterocycles. The van der Waals surface area contributed by atoms with Crippen LogP contribution in [0.5, 0.6) is 0 Å². The van der Waals surface area contributed by atoms with E-state index in [1.165, 1.54) is 6.08 Å². The fourth-order valence-electron chi connectivity index (χ4n) is 1.43. The molecule has 1 N–H and O–H groups in total. The molecule has 1 amide bonds. The number of hydrogen-bond acceptors (Lipinski definition) is 2. The van der Waals surface area contributed by atoms with Gasteiger partial charge in [-0.25, -0.2) is 0 Å². The Morgan fingerprint density at radius 2 is 2.28 bits per heavy atom. The molecule has 1 aromatic carbocycles. The Kier molecular flexibility index (Phi) is 3.79. The molecule has 0 unspecified atom stereocenters. The minimum Gasteiger partial charge on any atom is -0.306 e. The van der Waals surface area contributed by atoms with Gasteiger partial charge in [0.25, 0.3) is 0 Å². The lowest BCUT2D eigenvalue weighted by Gasteiger charge is -1.97. The average Bonchev–Trinajstić information content (AvgIpc) is 2.72. The fourth-order valence-corrected chi connectivity index (χ4v) is 1.63. The minimum absolute atomic E-state index is 0.228. The van der Waals surface area contributed by atoms with E-state index in [4.69, 9.17) is 11.6 Å². The van der Waals surface area contributed by atoms with Gasteiger partial charge in [0.2, 0.25) is 5.91 Å². The van der Waals surface area contributed by atoms with Gasteiger partial charge in [-0.3, -0.25) is 9.48 Å². The van der Waals surface area contributed by atoms with Gasteiger partial charge in [-0.1, -0.05) is 23.7 Å². The van der Waals surface area contributed by atoms with E-state index in [-0.39, 0.29) is 5.91 Å². The van der Waals surface area contributed by atoms with Crippen molar-refractivity contribution in [3.05, 3.63) is 53.2 Å². The Labute approximate surface area is 110 Å². The van der Waals surface area contributed by atoms with Crippen LogP contribution in [0.25, 0.3) is 6.08 Å². The van der Waals surface area contributed by atoms with Gasteiger partial charge in [0.05, 0.1) is 0 Å². The van der Waals surface area contributed by atoms with Crippen molar-refractivity contribution >= 4 is 29.4 Å². The molecule has 2 aromatic rings. The van der Waals surface area contributed by atoms with Gasteiger partial charge < -0.3 is 5.32 Å². The van der Waals surface area contributed by atoms with Gasteiger partial charge in [0.1, 0.15) is 0 Å². The van der Waals surface area contributed by atoms with Gasteiger partial charge >= 0.3 is 0 Å². The molecule has 18 heavy (non-hydrogen) atoms. The topological polar surface area (TPSA) is 46.9 Å². The molecule has 0 spiro atoms. The van der Waals surface area contributed by atoms with Crippen LogP contribution in [-0.4, -0.2) is 15.7 Å². The van der Waals surface area contributed by atoms with Gasteiger partial charge in [-0.15, -0.1) is 0 Å².